The van der Waals surface area contributed by atoms with Crippen molar-refractivity contribution in [1.29, 1.82) is 0 Å². The molecule has 0 saturated heterocycles. The largest absolute Gasteiger partial charge is 0.264 e. The van der Waals surface area contributed by atoms with Crippen molar-refractivity contribution in [2.45, 2.75) is 129 Å². The molecule has 0 saturated carbocycles. The van der Waals surface area contributed by atoms with Crippen LogP contribution in [0.4, 0.5) is 0 Å². The molecule has 0 aromatic rings. The Morgan fingerprint density at radius 3 is 1.30 bits per heavy atom. The third-order valence-corrected chi connectivity index (χ3v) is 4.91. The third kappa shape index (κ3) is 16.1. The maximum absolute atomic E-state index is 10.7. The minimum atomic E-state index is -0.308. The zero-order valence-electron chi connectivity index (χ0n) is 15.9. The van der Waals surface area contributed by atoms with Gasteiger partial charge >= 0.3 is 0 Å². The molecule has 0 amide bonds. The van der Waals surface area contributed by atoms with Gasteiger partial charge in [0.15, 0.2) is 0 Å². The molecular formula is C20H41NO2. The van der Waals surface area contributed by atoms with Crippen LogP contribution in [0.5, 0.6) is 0 Å². The summed E-state index contributed by atoms with van der Waals surface area (Å²) in [5.41, 5.74) is 0. The summed E-state index contributed by atoms with van der Waals surface area (Å²) in [5.74, 6) is 0. The molecule has 3 nitrogen and oxygen atoms in total. The first-order valence-corrected chi connectivity index (χ1v) is 10.4. The van der Waals surface area contributed by atoms with Gasteiger partial charge in [-0.1, -0.05) is 104 Å². The lowest BCUT2D eigenvalue weighted by atomic mass is 10.0. The standard InChI is InChI=1S/C20H41NO2/c1-3-5-6-7-8-9-10-11-12-13-14-15-16-17-18-19-20(4-2)21(22)23/h20H,3-19H2,1-2H3. The van der Waals surface area contributed by atoms with Gasteiger partial charge < -0.3 is 0 Å². The highest BCUT2D eigenvalue weighted by atomic mass is 16.6. The van der Waals surface area contributed by atoms with Gasteiger partial charge in [-0.2, -0.15) is 0 Å². The second-order valence-electron chi connectivity index (χ2n) is 7.09. The molecule has 0 rings (SSSR count). The van der Waals surface area contributed by atoms with Gasteiger partial charge in [-0.25, -0.2) is 0 Å². The summed E-state index contributed by atoms with van der Waals surface area (Å²) in [7, 11) is 0. The van der Waals surface area contributed by atoms with Crippen molar-refractivity contribution in [2.75, 3.05) is 0 Å². The fourth-order valence-electron chi connectivity index (χ4n) is 3.21. The molecule has 1 unspecified atom stereocenters. The van der Waals surface area contributed by atoms with Crippen molar-refractivity contribution in [3.63, 3.8) is 0 Å². The normalized spacial score (nSPS) is 12.4. The average molecular weight is 328 g/mol. The number of hydrogen-bond donors (Lipinski definition) is 0. The van der Waals surface area contributed by atoms with Crippen LogP contribution >= 0.6 is 0 Å². The highest BCUT2D eigenvalue weighted by Gasteiger charge is 2.15. The molecule has 1 atom stereocenters. The summed E-state index contributed by atoms with van der Waals surface area (Å²) < 4.78 is 0. The first-order valence-electron chi connectivity index (χ1n) is 10.4. The Labute approximate surface area is 144 Å². The zero-order valence-corrected chi connectivity index (χ0v) is 15.9. The van der Waals surface area contributed by atoms with E-state index in [0.29, 0.717) is 6.42 Å². The smallest absolute Gasteiger partial charge is 0.212 e. The van der Waals surface area contributed by atoms with Gasteiger partial charge in [0.1, 0.15) is 0 Å². The van der Waals surface area contributed by atoms with Gasteiger partial charge in [0.05, 0.1) is 0 Å². The van der Waals surface area contributed by atoms with E-state index >= 15 is 0 Å². The Kier molecular flexibility index (Phi) is 17.3. The summed E-state index contributed by atoms with van der Waals surface area (Å²) in [6.07, 6.45) is 21.6. The monoisotopic (exact) mass is 327 g/mol. The first-order chi connectivity index (χ1) is 11.2. The Morgan fingerprint density at radius 1 is 0.652 bits per heavy atom. The van der Waals surface area contributed by atoms with Crippen LogP contribution < -0.4 is 0 Å². The first kappa shape index (κ1) is 22.4. The van der Waals surface area contributed by atoms with Crippen LogP contribution in [0, 0.1) is 10.1 Å². The Balaban J connectivity index is 3.12. The molecule has 0 heterocycles. The Morgan fingerprint density at radius 2 is 1.00 bits per heavy atom. The van der Waals surface area contributed by atoms with E-state index in [2.05, 4.69) is 6.92 Å². The predicted octanol–water partition coefficient (Wildman–Crippen LogP) is 7.30. The number of rotatable bonds is 18. The van der Waals surface area contributed by atoms with Crippen LogP contribution in [0.1, 0.15) is 123 Å². The molecular weight excluding hydrogens is 286 g/mol. The van der Waals surface area contributed by atoms with E-state index in [4.69, 9.17) is 0 Å². The number of nitrogens with zero attached hydrogens (tertiary/aromatic N) is 1. The summed E-state index contributed by atoms with van der Waals surface area (Å²) in [4.78, 5) is 10.6. The van der Waals surface area contributed by atoms with Gasteiger partial charge in [-0.05, 0) is 6.42 Å². The van der Waals surface area contributed by atoms with Crippen molar-refractivity contribution in [1.82, 2.24) is 0 Å². The van der Waals surface area contributed by atoms with E-state index in [-0.39, 0.29) is 11.0 Å². The van der Waals surface area contributed by atoms with Gasteiger partial charge in [0.25, 0.3) is 0 Å². The molecule has 0 bridgehead atoms. The van der Waals surface area contributed by atoms with Gasteiger partial charge in [0, 0.05) is 17.8 Å². The number of hydrogen-bond acceptors (Lipinski definition) is 2. The molecule has 138 valence electrons. The zero-order chi connectivity index (χ0) is 17.2. The van der Waals surface area contributed by atoms with Gasteiger partial charge in [0.2, 0.25) is 6.04 Å². The van der Waals surface area contributed by atoms with Crippen LogP contribution in [0.25, 0.3) is 0 Å². The number of nitro groups is 1. The Bertz CT molecular complexity index is 256. The highest BCUT2D eigenvalue weighted by molar-refractivity contribution is 4.55. The van der Waals surface area contributed by atoms with Crippen LogP contribution in [-0.2, 0) is 0 Å². The average Bonchev–Trinajstić information content (AvgIpc) is 2.54. The molecule has 0 N–H and O–H groups in total. The van der Waals surface area contributed by atoms with Crippen LogP contribution in [0.15, 0.2) is 0 Å². The van der Waals surface area contributed by atoms with Crippen molar-refractivity contribution in [3.05, 3.63) is 10.1 Å². The molecule has 0 spiro atoms. The third-order valence-electron chi connectivity index (χ3n) is 4.91. The van der Waals surface area contributed by atoms with E-state index in [1.165, 1.54) is 89.9 Å². The lowest BCUT2D eigenvalue weighted by Gasteiger charge is -2.06. The minimum Gasteiger partial charge on any atom is -0.264 e. The van der Waals surface area contributed by atoms with Crippen LogP contribution in [-0.4, -0.2) is 11.0 Å². The molecule has 0 fully saturated rings. The molecule has 23 heavy (non-hydrogen) atoms. The number of unbranched alkanes of at least 4 members (excludes halogenated alkanes) is 14. The van der Waals surface area contributed by atoms with E-state index in [9.17, 15) is 10.1 Å². The topological polar surface area (TPSA) is 43.1 Å². The fourth-order valence-corrected chi connectivity index (χ4v) is 3.21. The maximum Gasteiger partial charge on any atom is 0.212 e. The molecule has 0 aliphatic rings. The molecule has 0 aromatic carbocycles. The van der Waals surface area contributed by atoms with Crippen LogP contribution in [0.2, 0.25) is 0 Å². The quantitative estimate of drug-likeness (QED) is 0.150. The predicted molar refractivity (Wildman–Crippen MR) is 101 cm³/mol. The van der Waals surface area contributed by atoms with Crippen molar-refractivity contribution in [2.24, 2.45) is 0 Å². The summed E-state index contributed by atoms with van der Waals surface area (Å²) in [6.45, 7) is 4.19. The lowest BCUT2D eigenvalue weighted by Crippen LogP contribution is -2.17. The summed E-state index contributed by atoms with van der Waals surface area (Å²) in [5, 5.41) is 10.7. The van der Waals surface area contributed by atoms with Gasteiger partial charge in [-0.3, -0.25) is 10.1 Å². The van der Waals surface area contributed by atoms with E-state index < -0.39 is 0 Å². The molecule has 0 aliphatic heterocycles. The van der Waals surface area contributed by atoms with E-state index in [1.54, 1.807) is 0 Å². The Hall–Kier alpha value is -0.600. The minimum absolute atomic E-state index is 0.107. The highest BCUT2D eigenvalue weighted by Crippen LogP contribution is 2.14. The van der Waals surface area contributed by atoms with Crippen molar-refractivity contribution in [3.8, 4) is 0 Å². The van der Waals surface area contributed by atoms with E-state index in [1.807, 2.05) is 6.92 Å². The van der Waals surface area contributed by atoms with Gasteiger partial charge in [-0.15, -0.1) is 0 Å². The summed E-state index contributed by atoms with van der Waals surface area (Å²) >= 11 is 0. The SMILES string of the molecule is CCCCCCCCCCCCCCCCCC(CC)[N+](=O)[O-]. The van der Waals surface area contributed by atoms with Crippen molar-refractivity contribution < 1.29 is 4.92 Å². The molecule has 0 aliphatic carbocycles. The maximum atomic E-state index is 10.7. The lowest BCUT2D eigenvalue weighted by molar-refractivity contribution is -0.523. The fraction of sp³-hybridized carbons (Fsp3) is 1.00. The van der Waals surface area contributed by atoms with Crippen molar-refractivity contribution >= 4 is 0 Å². The molecule has 3 heteroatoms. The second kappa shape index (κ2) is 17.7. The molecule has 0 radical (unpaired) electrons. The van der Waals surface area contributed by atoms with E-state index in [0.717, 1.165) is 12.8 Å². The van der Waals surface area contributed by atoms with Crippen LogP contribution in [0.3, 0.4) is 0 Å². The summed E-state index contributed by atoms with van der Waals surface area (Å²) in [6, 6.07) is -0.308. The molecule has 0 aromatic heterocycles. The second-order valence-corrected chi connectivity index (χ2v) is 7.09.